The van der Waals surface area contributed by atoms with Gasteiger partial charge in [0.25, 0.3) is 0 Å². The Morgan fingerprint density at radius 2 is 2.40 bits per heavy atom. The first-order valence-corrected chi connectivity index (χ1v) is 4.49. The molecule has 1 rings (SSSR count). The van der Waals surface area contributed by atoms with Crippen molar-refractivity contribution < 1.29 is 0 Å². The molecule has 0 saturated heterocycles. The van der Waals surface area contributed by atoms with E-state index >= 15 is 0 Å². The highest BCUT2D eigenvalue weighted by atomic mass is 15.1. The number of hydrogen-bond donors (Lipinski definition) is 0. The molecule has 0 N–H and O–H groups in total. The van der Waals surface area contributed by atoms with Crippen LogP contribution in [-0.4, -0.2) is 6.04 Å². The molecule has 0 radical (unpaired) electrons. The predicted octanol–water partition coefficient (Wildman–Crippen LogP) is 3.27. The summed E-state index contributed by atoms with van der Waals surface area (Å²) in [7, 11) is 0. The molecule has 4 heteroatoms. The lowest BCUT2D eigenvalue weighted by Crippen LogP contribution is -1.88. The minimum atomic E-state index is -0.180. The van der Waals surface area contributed by atoms with Crippen molar-refractivity contribution in [3.63, 3.8) is 0 Å². The highest BCUT2D eigenvalue weighted by molar-refractivity contribution is 5.52. The lowest BCUT2D eigenvalue weighted by molar-refractivity contribution is 0.915. The molecule has 0 aliphatic heterocycles. The van der Waals surface area contributed by atoms with Gasteiger partial charge in [-0.1, -0.05) is 36.3 Å². The van der Waals surface area contributed by atoms with Crippen molar-refractivity contribution >= 4 is 6.08 Å². The number of nitrogens with zero attached hydrogens (tertiary/aromatic N) is 4. The normalized spacial score (nSPS) is 11.7. The van der Waals surface area contributed by atoms with Gasteiger partial charge in [-0.05, 0) is 23.2 Å². The molecular weight excluding hydrogens is 188 g/mol. The van der Waals surface area contributed by atoms with E-state index in [1.807, 2.05) is 18.2 Å². The Labute approximate surface area is 88.1 Å². The van der Waals surface area contributed by atoms with Crippen LogP contribution < -0.4 is 0 Å². The van der Waals surface area contributed by atoms with Crippen LogP contribution in [0.4, 0.5) is 0 Å². The van der Waals surface area contributed by atoms with Crippen molar-refractivity contribution in [2.45, 2.75) is 13.0 Å². The highest BCUT2D eigenvalue weighted by Gasteiger charge is 1.93. The second-order valence-electron chi connectivity index (χ2n) is 3.04. The summed E-state index contributed by atoms with van der Waals surface area (Å²) < 4.78 is 0. The van der Waals surface area contributed by atoms with E-state index < -0.39 is 0 Å². The maximum atomic E-state index is 8.68. The lowest BCUT2D eigenvalue weighted by atomic mass is 10.1. The van der Waals surface area contributed by atoms with E-state index in [1.54, 1.807) is 25.1 Å². The first kappa shape index (κ1) is 10.8. The quantitative estimate of drug-likeness (QED) is 0.417. The fourth-order valence-corrected chi connectivity index (χ4v) is 1.08. The Morgan fingerprint density at radius 1 is 1.60 bits per heavy atom. The number of azide groups is 1. The Balaban J connectivity index is 2.81. The summed E-state index contributed by atoms with van der Waals surface area (Å²) in [4.78, 5) is 2.70. The summed E-state index contributed by atoms with van der Waals surface area (Å²) in [6.07, 6.45) is 3.62. The maximum absolute atomic E-state index is 8.68. The molecule has 0 saturated carbocycles. The third kappa shape index (κ3) is 3.55. The van der Waals surface area contributed by atoms with Gasteiger partial charge in [0.2, 0.25) is 0 Å². The Hall–Kier alpha value is -2.24. The zero-order valence-electron chi connectivity index (χ0n) is 8.33. The minimum absolute atomic E-state index is 0.180. The fourth-order valence-electron chi connectivity index (χ4n) is 1.08. The van der Waals surface area contributed by atoms with Gasteiger partial charge in [0.15, 0.2) is 0 Å². The van der Waals surface area contributed by atoms with Crippen LogP contribution in [0, 0.1) is 11.3 Å². The van der Waals surface area contributed by atoms with Crippen LogP contribution in [0.1, 0.15) is 18.1 Å². The lowest BCUT2D eigenvalue weighted by Gasteiger charge is -1.96. The number of benzene rings is 1. The van der Waals surface area contributed by atoms with E-state index in [0.717, 1.165) is 5.56 Å². The standard InChI is InChI=1S/C11H10N4/c1-9(14-15-13)5-6-10-3-2-4-11(7-10)8-12/h2-7,9H,1H3/b6-5+. The predicted molar refractivity (Wildman–Crippen MR) is 58.8 cm³/mol. The minimum Gasteiger partial charge on any atom is -0.192 e. The van der Waals surface area contributed by atoms with Gasteiger partial charge in [0.05, 0.1) is 17.7 Å². The van der Waals surface area contributed by atoms with Gasteiger partial charge in [-0.3, -0.25) is 0 Å². The van der Waals surface area contributed by atoms with Gasteiger partial charge in [-0.15, -0.1) is 0 Å². The molecule has 0 aliphatic carbocycles. The maximum Gasteiger partial charge on any atom is 0.0991 e. The molecule has 0 bridgehead atoms. The molecule has 1 aromatic rings. The smallest absolute Gasteiger partial charge is 0.0991 e. The van der Waals surface area contributed by atoms with Gasteiger partial charge in [0, 0.05) is 4.91 Å². The van der Waals surface area contributed by atoms with Crippen molar-refractivity contribution in [1.29, 1.82) is 5.26 Å². The number of hydrogen-bond acceptors (Lipinski definition) is 2. The molecule has 15 heavy (non-hydrogen) atoms. The number of nitriles is 1. The average Bonchev–Trinajstić information content (AvgIpc) is 2.27. The summed E-state index contributed by atoms with van der Waals surface area (Å²) in [6.45, 7) is 1.80. The van der Waals surface area contributed by atoms with Gasteiger partial charge in [-0.2, -0.15) is 5.26 Å². The molecule has 0 amide bonds. The first-order valence-electron chi connectivity index (χ1n) is 4.49. The van der Waals surface area contributed by atoms with Crippen LogP contribution in [-0.2, 0) is 0 Å². The molecule has 0 aromatic heterocycles. The monoisotopic (exact) mass is 198 g/mol. The molecule has 0 spiro atoms. The Bertz CT molecular complexity index is 450. The molecular formula is C11H10N4. The Kier molecular flexibility index (Phi) is 3.96. The van der Waals surface area contributed by atoms with Gasteiger partial charge < -0.3 is 0 Å². The van der Waals surface area contributed by atoms with Crippen LogP contribution in [0.3, 0.4) is 0 Å². The van der Waals surface area contributed by atoms with E-state index in [9.17, 15) is 0 Å². The summed E-state index contributed by atoms with van der Waals surface area (Å²) in [5.74, 6) is 0. The molecule has 1 atom stereocenters. The van der Waals surface area contributed by atoms with Crippen LogP contribution in [0.5, 0.6) is 0 Å². The molecule has 1 unspecified atom stereocenters. The second-order valence-corrected chi connectivity index (χ2v) is 3.04. The molecule has 1 aromatic carbocycles. The van der Waals surface area contributed by atoms with E-state index in [2.05, 4.69) is 16.1 Å². The topological polar surface area (TPSA) is 72.5 Å². The summed E-state index contributed by atoms with van der Waals surface area (Å²) in [5, 5.41) is 12.2. The molecule has 0 aliphatic rings. The molecule has 74 valence electrons. The zero-order chi connectivity index (χ0) is 11.1. The highest BCUT2D eigenvalue weighted by Crippen LogP contribution is 2.07. The number of rotatable bonds is 3. The average molecular weight is 198 g/mol. The Morgan fingerprint density at radius 3 is 3.07 bits per heavy atom. The van der Waals surface area contributed by atoms with E-state index in [-0.39, 0.29) is 6.04 Å². The molecule has 4 nitrogen and oxygen atoms in total. The van der Waals surface area contributed by atoms with Crippen LogP contribution in [0.15, 0.2) is 35.5 Å². The summed E-state index contributed by atoms with van der Waals surface area (Å²) >= 11 is 0. The molecule has 0 fully saturated rings. The first-order chi connectivity index (χ1) is 7.26. The van der Waals surface area contributed by atoms with E-state index in [4.69, 9.17) is 10.8 Å². The van der Waals surface area contributed by atoms with Crippen molar-refractivity contribution in [3.05, 3.63) is 51.9 Å². The van der Waals surface area contributed by atoms with Gasteiger partial charge in [0.1, 0.15) is 0 Å². The summed E-state index contributed by atoms with van der Waals surface area (Å²) in [5.41, 5.74) is 9.74. The van der Waals surface area contributed by atoms with E-state index in [1.165, 1.54) is 0 Å². The largest absolute Gasteiger partial charge is 0.192 e. The van der Waals surface area contributed by atoms with Crippen molar-refractivity contribution in [1.82, 2.24) is 0 Å². The SMILES string of the molecule is CC(/C=C/c1cccc(C#N)c1)N=[N+]=[N-]. The van der Waals surface area contributed by atoms with E-state index in [0.29, 0.717) is 5.56 Å². The van der Waals surface area contributed by atoms with Gasteiger partial charge >= 0.3 is 0 Å². The van der Waals surface area contributed by atoms with Crippen LogP contribution in [0.25, 0.3) is 16.5 Å². The fraction of sp³-hybridized carbons (Fsp3) is 0.182. The second kappa shape index (κ2) is 5.48. The van der Waals surface area contributed by atoms with Crippen LogP contribution in [0.2, 0.25) is 0 Å². The van der Waals surface area contributed by atoms with Crippen molar-refractivity contribution in [2.75, 3.05) is 0 Å². The molecule has 0 heterocycles. The third-order valence-corrected chi connectivity index (χ3v) is 1.82. The summed E-state index contributed by atoms with van der Waals surface area (Å²) in [6, 6.07) is 9.11. The third-order valence-electron chi connectivity index (χ3n) is 1.82. The zero-order valence-corrected chi connectivity index (χ0v) is 8.33. The van der Waals surface area contributed by atoms with Crippen LogP contribution >= 0.6 is 0 Å². The van der Waals surface area contributed by atoms with Crippen molar-refractivity contribution in [3.8, 4) is 6.07 Å². The van der Waals surface area contributed by atoms with Gasteiger partial charge in [-0.25, -0.2) is 0 Å². The van der Waals surface area contributed by atoms with Crippen molar-refractivity contribution in [2.24, 2.45) is 5.11 Å².